The fourth-order valence-corrected chi connectivity index (χ4v) is 2.44. The van der Waals surface area contributed by atoms with Gasteiger partial charge in [0.05, 0.1) is 0 Å². The Labute approximate surface area is 84.1 Å². The van der Waals surface area contributed by atoms with Crippen molar-refractivity contribution in [3.05, 3.63) is 0 Å². The Balaban J connectivity index is 2.15. The van der Waals surface area contributed by atoms with Gasteiger partial charge in [-0.2, -0.15) is 0 Å². The van der Waals surface area contributed by atoms with E-state index in [1.807, 2.05) is 0 Å². The Hall–Kier alpha value is 0. The fourth-order valence-electron chi connectivity index (χ4n) is 2.44. The van der Waals surface area contributed by atoms with Gasteiger partial charge in [-0.1, -0.05) is 47.5 Å². The third kappa shape index (κ3) is 3.32. The highest BCUT2D eigenvalue weighted by Crippen LogP contribution is 2.56. The average Bonchev–Trinajstić information content (AvgIpc) is 2.55. The van der Waals surface area contributed by atoms with Crippen molar-refractivity contribution in [3.8, 4) is 0 Å². The predicted octanol–water partition coefficient (Wildman–Crippen LogP) is 4.49. The molecule has 78 valence electrons. The molecule has 0 spiro atoms. The topological polar surface area (TPSA) is 0 Å². The van der Waals surface area contributed by atoms with Crippen LogP contribution in [0.2, 0.25) is 0 Å². The second kappa shape index (κ2) is 4.02. The highest BCUT2D eigenvalue weighted by molar-refractivity contribution is 4.96. The molecule has 1 rings (SSSR count). The van der Waals surface area contributed by atoms with Gasteiger partial charge in [-0.25, -0.2) is 0 Å². The SMILES string of the molecule is CC(C)CCC(C)CC1(C)CC1C. The molecule has 0 aromatic carbocycles. The van der Waals surface area contributed by atoms with Gasteiger partial charge in [0.1, 0.15) is 0 Å². The van der Waals surface area contributed by atoms with Gasteiger partial charge in [0.15, 0.2) is 0 Å². The zero-order valence-electron chi connectivity index (χ0n) is 10.1. The third-order valence-corrected chi connectivity index (χ3v) is 3.85. The molecule has 0 aromatic heterocycles. The largest absolute Gasteiger partial charge is 0.0628 e. The highest BCUT2D eigenvalue weighted by Gasteiger charge is 2.46. The number of rotatable bonds is 5. The molecule has 3 atom stereocenters. The summed E-state index contributed by atoms with van der Waals surface area (Å²) in [7, 11) is 0. The monoisotopic (exact) mass is 182 g/mol. The van der Waals surface area contributed by atoms with E-state index in [0.29, 0.717) is 0 Å². The lowest BCUT2D eigenvalue weighted by Crippen LogP contribution is -2.06. The molecule has 0 amide bonds. The molecule has 0 heterocycles. The molecular formula is C13H26. The van der Waals surface area contributed by atoms with Crippen LogP contribution < -0.4 is 0 Å². The summed E-state index contributed by atoms with van der Waals surface area (Å²) in [6, 6.07) is 0. The Morgan fingerprint density at radius 3 is 2.15 bits per heavy atom. The van der Waals surface area contributed by atoms with Crippen molar-refractivity contribution in [2.24, 2.45) is 23.2 Å². The Kier molecular flexibility index (Phi) is 3.43. The van der Waals surface area contributed by atoms with Gasteiger partial charge in [0.2, 0.25) is 0 Å². The van der Waals surface area contributed by atoms with Gasteiger partial charge in [0, 0.05) is 0 Å². The van der Waals surface area contributed by atoms with Gasteiger partial charge in [-0.3, -0.25) is 0 Å². The second-order valence-corrected chi connectivity index (χ2v) is 6.04. The third-order valence-electron chi connectivity index (χ3n) is 3.85. The summed E-state index contributed by atoms with van der Waals surface area (Å²) in [4.78, 5) is 0. The van der Waals surface area contributed by atoms with Crippen LogP contribution in [-0.4, -0.2) is 0 Å². The summed E-state index contributed by atoms with van der Waals surface area (Å²) < 4.78 is 0. The van der Waals surface area contributed by atoms with E-state index >= 15 is 0 Å². The van der Waals surface area contributed by atoms with Crippen molar-refractivity contribution < 1.29 is 0 Å². The lowest BCUT2D eigenvalue weighted by Gasteiger charge is -2.17. The minimum absolute atomic E-state index is 0.719. The Morgan fingerprint density at radius 2 is 1.77 bits per heavy atom. The first-order valence-electron chi connectivity index (χ1n) is 5.94. The minimum atomic E-state index is 0.719. The maximum Gasteiger partial charge on any atom is -0.0295 e. The molecule has 0 aliphatic heterocycles. The van der Waals surface area contributed by atoms with Crippen LogP contribution in [0, 0.1) is 23.2 Å². The lowest BCUT2D eigenvalue weighted by molar-refractivity contribution is 0.338. The van der Waals surface area contributed by atoms with E-state index in [9.17, 15) is 0 Å². The highest BCUT2D eigenvalue weighted by atomic mass is 14.5. The van der Waals surface area contributed by atoms with Crippen LogP contribution in [0.4, 0.5) is 0 Å². The first-order valence-corrected chi connectivity index (χ1v) is 5.94. The van der Waals surface area contributed by atoms with E-state index < -0.39 is 0 Å². The molecule has 0 aromatic rings. The zero-order valence-corrected chi connectivity index (χ0v) is 10.1. The predicted molar refractivity (Wildman–Crippen MR) is 59.7 cm³/mol. The van der Waals surface area contributed by atoms with Crippen LogP contribution in [0.5, 0.6) is 0 Å². The molecule has 1 aliphatic rings. The molecule has 13 heavy (non-hydrogen) atoms. The van der Waals surface area contributed by atoms with Crippen molar-refractivity contribution in [2.45, 2.75) is 60.3 Å². The molecule has 0 nitrogen and oxygen atoms in total. The van der Waals surface area contributed by atoms with Gasteiger partial charge in [-0.05, 0) is 36.0 Å². The van der Waals surface area contributed by atoms with Crippen LogP contribution in [0.25, 0.3) is 0 Å². The summed E-state index contributed by atoms with van der Waals surface area (Å²) in [5.74, 6) is 2.82. The second-order valence-electron chi connectivity index (χ2n) is 6.04. The van der Waals surface area contributed by atoms with Crippen molar-refractivity contribution in [2.75, 3.05) is 0 Å². The van der Waals surface area contributed by atoms with Crippen LogP contribution >= 0.6 is 0 Å². The maximum atomic E-state index is 2.46. The average molecular weight is 182 g/mol. The quantitative estimate of drug-likeness (QED) is 0.587. The number of hydrogen-bond acceptors (Lipinski definition) is 0. The fraction of sp³-hybridized carbons (Fsp3) is 1.00. The van der Waals surface area contributed by atoms with E-state index in [2.05, 4.69) is 34.6 Å². The molecule has 0 radical (unpaired) electrons. The Morgan fingerprint density at radius 1 is 1.23 bits per heavy atom. The molecule has 3 unspecified atom stereocenters. The van der Waals surface area contributed by atoms with E-state index in [0.717, 1.165) is 23.2 Å². The molecule has 0 bridgehead atoms. The minimum Gasteiger partial charge on any atom is -0.0628 e. The van der Waals surface area contributed by atoms with Crippen LogP contribution in [0.3, 0.4) is 0 Å². The number of hydrogen-bond donors (Lipinski definition) is 0. The molecule has 1 aliphatic carbocycles. The Bertz CT molecular complexity index is 159. The van der Waals surface area contributed by atoms with Crippen LogP contribution in [0.1, 0.15) is 60.3 Å². The van der Waals surface area contributed by atoms with Gasteiger partial charge in [-0.15, -0.1) is 0 Å². The summed E-state index contributed by atoms with van der Waals surface area (Å²) in [6.45, 7) is 11.9. The molecule has 0 heteroatoms. The van der Waals surface area contributed by atoms with Crippen LogP contribution in [0.15, 0.2) is 0 Å². The van der Waals surface area contributed by atoms with Crippen LogP contribution in [-0.2, 0) is 0 Å². The van der Waals surface area contributed by atoms with E-state index in [1.165, 1.54) is 25.7 Å². The smallest absolute Gasteiger partial charge is 0.0295 e. The molecule has 0 saturated heterocycles. The van der Waals surface area contributed by atoms with E-state index in [-0.39, 0.29) is 0 Å². The van der Waals surface area contributed by atoms with Crippen molar-refractivity contribution >= 4 is 0 Å². The van der Waals surface area contributed by atoms with Crippen molar-refractivity contribution in [1.29, 1.82) is 0 Å². The van der Waals surface area contributed by atoms with E-state index in [4.69, 9.17) is 0 Å². The molecule has 0 N–H and O–H groups in total. The normalized spacial score (nSPS) is 35.1. The van der Waals surface area contributed by atoms with Gasteiger partial charge in [0.25, 0.3) is 0 Å². The standard InChI is InChI=1S/C13H26/c1-10(2)6-7-11(3)8-13(5)9-12(13)4/h10-12H,6-9H2,1-5H3. The first kappa shape index (κ1) is 11.1. The molecule has 1 fully saturated rings. The lowest BCUT2D eigenvalue weighted by atomic mass is 9.88. The summed E-state index contributed by atoms with van der Waals surface area (Å²) in [5.41, 5.74) is 0.719. The maximum absolute atomic E-state index is 2.46. The van der Waals surface area contributed by atoms with Crippen molar-refractivity contribution in [1.82, 2.24) is 0 Å². The summed E-state index contributed by atoms with van der Waals surface area (Å²) >= 11 is 0. The summed E-state index contributed by atoms with van der Waals surface area (Å²) in [6.07, 6.45) is 5.77. The summed E-state index contributed by atoms with van der Waals surface area (Å²) in [5, 5.41) is 0. The zero-order chi connectivity index (χ0) is 10.1. The van der Waals surface area contributed by atoms with Crippen molar-refractivity contribution in [3.63, 3.8) is 0 Å². The van der Waals surface area contributed by atoms with Gasteiger partial charge < -0.3 is 0 Å². The molecular weight excluding hydrogens is 156 g/mol. The van der Waals surface area contributed by atoms with E-state index in [1.54, 1.807) is 0 Å². The molecule has 1 saturated carbocycles. The van der Waals surface area contributed by atoms with Gasteiger partial charge >= 0.3 is 0 Å². The first-order chi connectivity index (χ1) is 5.94.